The number of nitrogens with zero attached hydrogens (tertiary/aromatic N) is 2. The Morgan fingerprint density at radius 3 is 2.90 bits per heavy atom. The summed E-state index contributed by atoms with van der Waals surface area (Å²) < 4.78 is 30.9. The number of nitrogens with one attached hydrogen (secondary N) is 1. The highest BCUT2D eigenvalue weighted by atomic mass is 19.3. The minimum Gasteiger partial charge on any atom is -0.376 e. The lowest BCUT2D eigenvalue weighted by molar-refractivity contribution is 0.109. The van der Waals surface area contributed by atoms with Crippen molar-refractivity contribution in [2.45, 2.75) is 19.5 Å². The van der Waals surface area contributed by atoms with E-state index in [-0.39, 0.29) is 5.56 Å². The maximum absolute atomic E-state index is 12.8. The third-order valence-electron chi connectivity index (χ3n) is 3.36. The van der Waals surface area contributed by atoms with Crippen LogP contribution in [0.2, 0.25) is 0 Å². The van der Waals surface area contributed by atoms with Gasteiger partial charge in [0, 0.05) is 23.1 Å². The zero-order valence-electron chi connectivity index (χ0n) is 11.1. The third-order valence-corrected chi connectivity index (χ3v) is 3.36. The molecule has 1 aromatic heterocycles. The molecule has 1 aliphatic heterocycles. The highest BCUT2D eigenvalue weighted by Gasteiger charge is 2.19. The van der Waals surface area contributed by atoms with Crippen molar-refractivity contribution in [2.24, 2.45) is 5.84 Å². The largest absolute Gasteiger partial charge is 0.376 e. The van der Waals surface area contributed by atoms with E-state index in [4.69, 9.17) is 10.6 Å². The highest BCUT2D eigenvalue weighted by Crippen LogP contribution is 2.28. The molecule has 1 aromatic carbocycles. The van der Waals surface area contributed by atoms with E-state index in [1.807, 2.05) is 0 Å². The van der Waals surface area contributed by atoms with Crippen LogP contribution in [0.4, 0.5) is 14.6 Å². The summed E-state index contributed by atoms with van der Waals surface area (Å²) in [5.74, 6) is 6.33. The van der Waals surface area contributed by atoms with Gasteiger partial charge in [-0.05, 0) is 6.07 Å². The molecule has 0 aliphatic carbocycles. The Morgan fingerprint density at radius 2 is 2.14 bits per heavy atom. The van der Waals surface area contributed by atoms with Gasteiger partial charge in [0.1, 0.15) is 5.82 Å². The molecule has 0 atom stereocenters. The Bertz CT molecular complexity index is 646. The quantitative estimate of drug-likeness (QED) is 0.671. The first-order valence-electron chi connectivity index (χ1n) is 6.51. The molecule has 3 rings (SSSR count). The van der Waals surface area contributed by atoms with Crippen molar-refractivity contribution in [1.29, 1.82) is 0 Å². The van der Waals surface area contributed by atoms with Gasteiger partial charge in [-0.3, -0.25) is 0 Å². The van der Waals surface area contributed by atoms with Crippen molar-refractivity contribution >= 4 is 5.82 Å². The molecule has 0 fully saturated rings. The van der Waals surface area contributed by atoms with Crippen molar-refractivity contribution in [3.8, 4) is 11.4 Å². The van der Waals surface area contributed by atoms with E-state index < -0.39 is 6.43 Å². The zero-order chi connectivity index (χ0) is 14.8. The van der Waals surface area contributed by atoms with Gasteiger partial charge in [-0.25, -0.2) is 24.6 Å². The van der Waals surface area contributed by atoms with E-state index in [1.54, 1.807) is 12.1 Å². The monoisotopic (exact) mass is 292 g/mol. The second kappa shape index (κ2) is 5.71. The van der Waals surface area contributed by atoms with Crippen LogP contribution in [-0.4, -0.2) is 16.6 Å². The number of fused-ring (bicyclic) bond motifs is 1. The Balaban J connectivity index is 2.08. The van der Waals surface area contributed by atoms with E-state index in [0.717, 1.165) is 11.3 Å². The topological polar surface area (TPSA) is 73.1 Å². The van der Waals surface area contributed by atoms with E-state index in [1.165, 1.54) is 12.1 Å². The van der Waals surface area contributed by atoms with Gasteiger partial charge in [0.25, 0.3) is 6.43 Å². The lowest BCUT2D eigenvalue weighted by Gasteiger charge is -2.19. The lowest BCUT2D eigenvalue weighted by atomic mass is 10.1. The number of aromatic nitrogens is 2. The van der Waals surface area contributed by atoms with Gasteiger partial charge < -0.3 is 10.2 Å². The molecule has 0 saturated heterocycles. The number of nitrogens with two attached hydrogens (primary N) is 1. The van der Waals surface area contributed by atoms with Gasteiger partial charge in [-0.2, -0.15) is 0 Å². The Kier molecular flexibility index (Phi) is 3.76. The average molecular weight is 292 g/mol. The van der Waals surface area contributed by atoms with E-state index in [2.05, 4.69) is 15.4 Å². The summed E-state index contributed by atoms with van der Waals surface area (Å²) in [6, 6.07) is 6.04. The fourth-order valence-electron chi connectivity index (χ4n) is 2.29. The summed E-state index contributed by atoms with van der Waals surface area (Å²) in [4.78, 5) is 8.76. The van der Waals surface area contributed by atoms with Crippen LogP contribution in [0.25, 0.3) is 11.4 Å². The van der Waals surface area contributed by atoms with Gasteiger partial charge in [-0.15, -0.1) is 0 Å². The summed E-state index contributed by atoms with van der Waals surface area (Å²) in [6.45, 7) is 0.969. The van der Waals surface area contributed by atoms with Crippen LogP contribution in [0.5, 0.6) is 0 Å². The number of anilines is 1. The van der Waals surface area contributed by atoms with Gasteiger partial charge >= 0.3 is 0 Å². The number of hydrogen-bond acceptors (Lipinski definition) is 5. The zero-order valence-corrected chi connectivity index (χ0v) is 11.1. The van der Waals surface area contributed by atoms with E-state index >= 15 is 0 Å². The fourth-order valence-corrected chi connectivity index (χ4v) is 2.29. The normalized spacial score (nSPS) is 14.1. The number of benzene rings is 1. The van der Waals surface area contributed by atoms with Crippen LogP contribution in [0.15, 0.2) is 24.3 Å². The molecular formula is C14H14F2N4O. The minimum atomic E-state index is -2.52. The number of hydrogen-bond donors (Lipinski definition) is 2. The van der Waals surface area contributed by atoms with Crippen molar-refractivity contribution in [1.82, 2.24) is 9.97 Å². The smallest absolute Gasteiger partial charge is 0.263 e. The molecule has 0 saturated carbocycles. The summed E-state index contributed by atoms with van der Waals surface area (Å²) >= 11 is 0. The van der Waals surface area contributed by atoms with Gasteiger partial charge in [0.15, 0.2) is 5.82 Å². The number of ether oxygens (including phenoxy) is 1. The molecule has 7 heteroatoms. The fraction of sp³-hybridized carbons (Fsp3) is 0.286. The third kappa shape index (κ3) is 2.70. The number of alkyl halides is 2. The van der Waals surface area contributed by atoms with Crippen LogP contribution in [0.1, 0.15) is 23.2 Å². The van der Waals surface area contributed by atoms with Crippen LogP contribution in [0.3, 0.4) is 0 Å². The first-order chi connectivity index (χ1) is 10.2. The van der Waals surface area contributed by atoms with Crippen molar-refractivity contribution in [3.05, 3.63) is 41.1 Å². The first kappa shape index (κ1) is 13.8. The molecule has 5 nitrogen and oxygen atoms in total. The average Bonchev–Trinajstić information content (AvgIpc) is 2.53. The number of hydrazine groups is 1. The molecule has 3 N–H and O–H groups in total. The molecule has 0 amide bonds. The first-order valence-corrected chi connectivity index (χ1v) is 6.51. The Hall–Kier alpha value is -2.12. The van der Waals surface area contributed by atoms with Gasteiger partial charge in [0.2, 0.25) is 0 Å². The molecule has 2 aromatic rings. The summed E-state index contributed by atoms with van der Waals surface area (Å²) in [5.41, 5.74) is 4.66. The maximum Gasteiger partial charge on any atom is 0.263 e. The Labute approximate surface area is 120 Å². The summed E-state index contributed by atoms with van der Waals surface area (Å²) in [5, 5.41) is 0. The predicted molar refractivity (Wildman–Crippen MR) is 73.6 cm³/mol. The summed E-state index contributed by atoms with van der Waals surface area (Å²) in [7, 11) is 0. The van der Waals surface area contributed by atoms with E-state index in [0.29, 0.717) is 36.8 Å². The Morgan fingerprint density at radius 1 is 1.29 bits per heavy atom. The molecule has 1 aliphatic rings. The second-order valence-corrected chi connectivity index (χ2v) is 4.69. The molecule has 0 radical (unpaired) electrons. The number of halogens is 2. The molecular weight excluding hydrogens is 278 g/mol. The molecule has 2 heterocycles. The van der Waals surface area contributed by atoms with Crippen LogP contribution >= 0.6 is 0 Å². The predicted octanol–water partition coefficient (Wildman–Crippen LogP) is 2.44. The number of nitrogen functional groups attached to an aromatic ring is 1. The van der Waals surface area contributed by atoms with Crippen LogP contribution in [-0.2, 0) is 17.8 Å². The van der Waals surface area contributed by atoms with Gasteiger partial charge in [0.05, 0.1) is 18.9 Å². The van der Waals surface area contributed by atoms with Crippen molar-refractivity contribution in [3.63, 3.8) is 0 Å². The molecule has 110 valence electrons. The number of rotatable bonds is 3. The molecule has 21 heavy (non-hydrogen) atoms. The SMILES string of the molecule is NNc1nc(-c2cccc(C(F)F)c2)nc2c1COCC2. The lowest BCUT2D eigenvalue weighted by Crippen LogP contribution is -2.19. The van der Waals surface area contributed by atoms with Crippen LogP contribution in [0, 0.1) is 0 Å². The highest BCUT2D eigenvalue weighted by molar-refractivity contribution is 5.60. The van der Waals surface area contributed by atoms with Crippen LogP contribution < -0.4 is 11.3 Å². The van der Waals surface area contributed by atoms with Crippen molar-refractivity contribution in [2.75, 3.05) is 12.0 Å². The maximum atomic E-state index is 12.8. The molecule has 0 bridgehead atoms. The standard InChI is InChI=1S/C14H14F2N4O/c15-12(16)8-2-1-3-9(6-8)13-18-11-4-5-21-7-10(11)14(19-13)20-17/h1-3,6,12H,4-5,7,17H2,(H,18,19,20). The second-order valence-electron chi connectivity index (χ2n) is 4.69. The van der Waals surface area contributed by atoms with E-state index in [9.17, 15) is 8.78 Å². The summed E-state index contributed by atoms with van der Waals surface area (Å²) in [6.07, 6.45) is -1.88. The van der Waals surface area contributed by atoms with Crippen molar-refractivity contribution < 1.29 is 13.5 Å². The minimum absolute atomic E-state index is 0.0561. The van der Waals surface area contributed by atoms with Gasteiger partial charge in [-0.1, -0.05) is 18.2 Å². The molecule has 0 spiro atoms. The molecule has 0 unspecified atom stereocenters.